The predicted octanol–water partition coefficient (Wildman–Crippen LogP) is 3.17. The number of benzene rings is 1. The largest absolute Gasteiger partial charge is 0.361 e. The van der Waals surface area contributed by atoms with Gasteiger partial charge in [0.05, 0.1) is 17.6 Å². The number of nitriles is 1. The molecule has 3 rings (SSSR count). The molecule has 0 spiro atoms. The molecule has 2 unspecified atom stereocenters. The van der Waals surface area contributed by atoms with Gasteiger partial charge in [0.15, 0.2) is 0 Å². The van der Waals surface area contributed by atoms with Crippen LogP contribution in [0.25, 0.3) is 0 Å². The van der Waals surface area contributed by atoms with Crippen LogP contribution in [-0.2, 0) is 4.79 Å². The van der Waals surface area contributed by atoms with E-state index in [-0.39, 0.29) is 11.6 Å². The maximum atomic E-state index is 13.6. The van der Waals surface area contributed by atoms with Crippen LogP contribution in [0.2, 0.25) is 0 Å². The topological polar surface area (TPSA) is 52.9 Å². The lowest BCUT2D eigenvalue weighted by molar-refractivity contribution is -0.122. The first-order chi connectivity index (χ1) is 10.1. The molecule has 0 amide bonds. The van der Waals surface area contributed by atoms with Gasteiger partial charge in [0, 0.05) is 23.7 Å². The second kappa shape index (κ2) is 5.17. The predicted molar refractivity (Wildman–Crippen MR) is 76.4 cm³/mol. The molecule has 0 radical (unpaired) electrons. The highest BCUT2D eigenvalue weighted by molar-refractivity contribution is 5.87. The summed E-state index contributed by atoms with van der Waals surface area (Å²) in [7, 11) is 0. The lowest BCUT2D eigenvalue weighted by Gasteiger charge is -2.36. The molecule has 1 aliphatic heterocycles. The number of rotatable bonds is 1. The van der Waals surface area contributed by atoms with Gasteiger partial charge >= 0.3 is 0 Å². The van der Waals surface area contributed by atoms with Crippen LogP contribution in [0.3, 0.4) is 0 Å². The molecule has 1 aliphatic carbocycles. The molecule has 106 valence electrons. The third kappa shape index (κ3) is 2.25. The van der Waals surface area contributed by atoms with Crippen LogP contribution < -0.4 is 5.32 Å². The van der Waals surface area contributed by atoms with Gasteiger partial charge in [-0.25, -0.2) is 4.39 Å². The molecule has 1 aromatic carbocycles. The number of Topliss-reactive ketones (excluding diaryl/α,β-unsaturated/α-hetero) is 1. The minimum atomic E-state index is -0.404. The van der Waals surface area contributed by atoms with Gasteiger partial charge in [-0.1, -0.05) is 18.2 Å². The first kappa shape index (κ1) is 13.6. The van der Waals surface area contributed by atoms with E-state index >= 15 is 0 Å². The average molecular weight is 282 g/mol. The fourth-order valence-electron chi connectivity index (χ4n) is 3.22. The van der Waals surface area contributed by atoms with E-state index < -0.39 is 11.8 Å². The van der Waals surface area contributed by atoms with Crippen molar-refractivity contribution >= 4 is 5.78 Å². The summed E-state index contributed by atoms with van der Waals surface area (Å²) in [6.45, 7) is 1.82. The van der Waals surface area contributed by atoms with Crippen molar-refractivity contribution in [3.8, 4) is 6.07 Å². The van der Waals surface area contributed by atoms with Crippen molar-refractivity contribution in [2.45, 2.75) is 25.7 Å². The van der Waals surface area contributed by atoms with Crippen LogP contribution >= 0.6 is 0 Å². The van der Waals surface area contributed by atoms with Gasteiger partial charge < -0.3 is 5.32 Å². The van der Waals surface area contributed by atoms with Crippen molar-refractivity contribution in [2.75, 3.05) is 0 Å². The van der Waals surface area contributed by atoms with E-state index in [2.05, 4.69) is 11.4 Å². The van der Waals surface area contributed by atoms with Crippen LogP contribution in [0, 0.1) is 23.1 Å². The minimum absolute atomic E-state index is 0.106. The lowest BCUT2D eigenvalue weighted by atomic mass is 9.71. The van der Waals surface area contributed by atoms with E-state index in [1.165, 1.54) is 12.1 Å². The summed E-state index contributed by atoms with van der Waals surface area (Å²) < 4.78 is 13.6. The number of carbonyl (C=O) groups excluding carboxylic acids is 1. The van der Waals surface area contributed by atoms with Crippen LogP contribution in [0.4, 0.5) is 4.39 Å². The smallest absolute Gasteiger partial charge is 0.143 e. The summed E-state index contributed by atoms with van der Waals surface area (Å²) in [6, 6.07) is 8.37. The second-order valence-corrected chi connectivity index (χ2v) is 5.45. The SMILES string of the molecule is CC1=C(C#N)C(c2cccc(F)c2)C2C(=O)CCC=C2N1. The summed E-state index contributed by atoms with van der Waals surface area (Å²) in [4.78, 5) is 12.4. The number of carbonyl (C=O) groups is 1. The van der Waals surface area contributed by atoms with Gasteiger partial charge in [0.2, 0.25) is 0 Å². The molecule has 1 aromatic rings. The molecule has 1 N–H and O–H groups in total. The standard InChI is InChI=1S/C17H15FN2O/c1-10-13(9-19)16(11-4-2-5-12(18)8-11)17-14(20-10)6-3-7-15(17)21/h2,4-6,8,16-17,20H,3,7H2,1H3. The van der Waals surface area contributed by atoms with E-state index in [1.54, 1.807) is 12.1 Å². The highest BCUT2D eigenvalue weighted by Crippen LogP contribution is 2.43. The van der Waals surface area contributed by atoms with Crippen molar-refractivity contribution in [2.24, 2.45) is 5.92 Å². The zero-order valence-electron chi connectivity index (χ0n) is 11.7. The van der Waals surface area contributed by atoms with Gasteiger partial charge in [-0.2, -0.15) is 5.26 Å². The van der Waals surface area contributed by atoms with Crippen molar-refractivity contribution in [3.63, 3.8) is 0 Å². The lowest BCUT2D eigenvalue weighted by Crippen LogP contribution is -2.38. The maximum Gasteiger partial charge on any atom is 0.143 e. The van der Waals surface area contributed by atoms with E-state index in [9.17, 15) is 14.4 Å². The van der Waals surface area contributed by atoms with Crippen LogP contribution in [0.1, 0.15) is 31.2 Å². The number of allylic oxidation sites excluding steroid dienone is 4. The summed E-state index contributed by atoms with van der Waals surface area (Å²) in [5, 5.41) is 12.6. The van der Waals surface area contributed by atoms with Crippen molar-refractivity contribution in [3.05, 3.63) is 58.7 Å². The molecular formula is C17H15FN2O. The van der Waals surface area contributed by atoms with E-state index in [4.69, 9.17) is 0 Å². The fraction of sp³-hybridized carbons (Fsp3) is 0.294. The molecule has 0 saturated heterocycles. The average Bonchev–Trinajstić information content (AvgIpc) is 2.46. The van der Waals surface area contributed by atoms with E-state index in [0.717, 1.165) is 11.4 Å². The first-order valence-corrected chi connectivity index (χ1v) is 6.98. The molecule has 21 heavy (non-hydrogen) atoms. The Morgan fingerprint density at radius 2 is 2.19 bits per heavy atom. The Labute approximate surface area is 122 Å². The monoisotopic (exact) mass is 282 g/mol. The molecule has 4 heteroatoms. The van der Waals surface area contributed by atoms with Gasteiger partial charge in [0.25, 0.3) is 0 Å². The highest BCUT2D eigenvalue weighted by atomic mass is 19.1. The van der Waals surface area contributed by atoms with Gasteiger partial charge in [-0.3, -0.25) is 4.79 Å². The maximum absolute atomic E-state index is 13.6. The summed E-state index contributed by atoms with van der Waals surface area (Å²) in [5.41, 5.74) is 2.78. The number of halogens is 1. The van der Waals surface area contributed by atoms with Crippen LogP contribution in [0.15, 0.2) is 47.3 Å². The van der Waals surface area contributed by atoms with Crippen LogP contribution in [0.5, 0.6) is 0 Å². The van der Waals surface area contributed by atoms with Gasteiger partial charge in [-0.15, -0.1) is 0 Å². The number of nitrogens with zero attached hydrogens (tertiary/aromatic N) is 1. The molecule has 0 fully saturated rings. The Morgan fingerprint density at radius 3 is 2.90 bits per heavy atom. The highest BCUT2D eigenvalue weighted by Gasteiger charge is 2.40. The number of fused-ring (bicyclic) bond motifs is 1. The molecule has 0 saturated carbocycles. The van der Waals surface area contributed by atoms with Crippen molar-refractivity contribution in [1.29, 1.82) is 5.26 Å². The Bertz CT molecular complexity index is 712. The first-order valence-electron chi connectivity index (χ1n) is 6.98. The van der Waals surface area contributed by atoms with E-state index in [1.807, 2.05) is 13.0 Å². The summed E-state index contributed by atoms with van der Waals surface area (Å²) in [5.74, 6) is -1.05. The quantitative estimate of drug-likeness (QED) is 0.860. The van der Waals surface area contributed by atoms with Crippen molar-refractivity contribution in [1.82, 2.24) is 5.32 Å². The molecular weight excluding hydrogens is 267 g/mol. The number of ketones is 1. The normalized spacial score (nSPS) is 24.8. The second-order valence-electron chi connectivity index (χ2n) is 5.45. The fourth-order valence-corrected chi connectivity index (χ4v) is 3.22. The van der Waals surface area contributed by atoms with Gasteiger partial charge in [-0.05, 0) is 31.0 Å². The number of nitrogens with one attached hydrogen (secondary N) is 1. The molecule has 0 bridgehead atoms. The van der Waals surface area contributed by atoms with Crippen LogP contribution in [-0.4, -0.2) is 5.78 Å². The third-order valence-corrected chi connectivity index (χ3v) is 4.15. The summed E-state index contributed by atoms with van der Waals surface area (Å²) in [6.07, 6.45) is 3.19. The molecule has 2 aliphatic rings. The Kier molecular flexibility index (Phi) is 3.34. The van der Waals surface area contributed by atoms with Gasteiger partial charge in [0.1, 0.15) is 11.6 Å². The molecule has 3 nitrogen and oxygen atoms in total. The zero-order valence-corrected chi connectivity index (χ0v) is 11.7. The Morgan fingerprint density at radius 1 is 1.38 bits per heavy atom. The van der Waals surface area contributed by atoms with E-state index in [0.29, 0.717) is 24.0 Å². The Balaban J connectivity index is 2.19. The number of hydrogen-bond donors (Lipinski definition) is 1. The third-order valence-electron chi connectivity index (χ3n) is 4.15. The zero-order chi connectivity index (χ0) is 15.0. The van der Waals surface area contributed by atoms with Crippen molar-refractivity contribution < 1.29 is 9.18 Å². The number of hydrogen-bond acceptors (Lipinski definition) is 3. The molecule has 2 atom stereocenters. The Hall–Kier alpha value is -2.41. The molecule has 1 heterocycles. The molecule has 0 aromatic heterocycles. The summed E-state index contributed by atoms with van der Waals surface area (Å²) >= 11 is 0. The minimum Gasteiger partial charge on any atom is -0.361 e.